The SMILES string of the molecule is CCC1CCCCN1c1ccc(C(=O)N2CCN(c3ccccn3)CC2)nn1. The van der Waals surface area contributed by atoms with Crippen molar-refractivity contribution in [1.29, 1.82) is 0 Å². The highest BCUT2D eigenvalue weighted by Gasteiger charge is 2.25. The van der Waals surface area contributed by atoms with Gasteiger partial charge in [0.2, 0.25) is 0 Å². The molecule has 0 spiro atoms. The first-order chi connectivity index (χ1) is 13.8. The maximum absolute atomic E-state index is 12.8. The van der Waals surface area contributed by atoms with E-state index in [2.05, 4.69) is 31.9 Å². The highest BCUT2D eigenvalue weighted by Crippen LogP contribution is 2.24. The first kappa shape index (κ1) is 18.7. The molecule has 4 heterocycles. The maximum Gasteiger partial charge on any atom is 0.274 e. The second-order valence-corrected chi connectivity index (χ2v) is 7.50. The molecule has 0 bridgehead atoms. The molecule has 2 aromatic rings. The summed E-state index contributed by atoms with van der Waals surface area (Å²) in [4.78, 5) is 23.6. The van der Waals surface area contributed by atoms with Crippen LogP contribution in [-0.4, -0.2) is 64.8 Å². The van der Waals surface area contributed by atoms with Crippen LogP contribution in [0, 0.1) is 0 Å². The summed E-state index contributed by atoms with van der Waals surface area (Å²) in [7, 11) is 0. The average Bonchev–Trinajstić information content (AvgIpc) is 2.79. The van der Waals surface area contributed by atoms with Gasteiger partial charge in [-0.1, -0.05) is 13.0 Å². The van der Waals surface area contributed by atoms with Gasteiger partial charge in [-0.05, 0) is 49.9 Å². The molecule has 0 N–H and O–H groups in total. The predicted molar refractivity (Wildman–Crippen MR) is 110 cm³/mol. The normalized spacial score (nSPS) is 20.3. The monoisotopic (exact) mass is 380 g/mol. The van der Waals surface area contributed by atoms with E-state index in [4.69, 9.17) is 0 Å². The molecule has 1 atom stereocenters. The van der Waals surface area contributed by atoms with Crippen molar-refractivity contribution in [3.05, 3.63) is 42.2 Å². The first-order valence-electron chi connectivity index (χ1n) is 10.3. The van der Waals surface area contributed by atoms with Crippen molar-refractivity contribution >= 4 is 17.5 Å². The molecule has 1 unspecified atom stereocenters. The Bertz CT molecular complexity index is 773. The molecule has 7 nitrogen and oxygen atoms in total. The number of pyridine rings is 1. The van der Waals surface area contributed by atoms with Crippen LogP contribution in [0.4, 0.5) is 11.6 Å². The van der Waals surface area contributed by atoms with Crippen molar-refractivity contribution < 1.29 is 4.79 Å². The van der Waals surface area contributed by atoms with Crippen LogP contribution < -0.4 is 9.80 Å². The molecule has 2 aliphatic rings. The van der Waals surface area contributed by atoms with Gasteiger partial charge in [0.05, 0.1) is 0 Å². The lowest BCUT2D eigenvalue weighted by Crippen LogP contribution is -2.49. The fraction of sp³-hybridized carbons (Fsp3) is 0.524. The van der Waals surface area contributed by atoms with Crippen molar-refractivity contribution in [1.82, 2.24) is 20.1 Å². The second-order valence-electron chi connectivity index (χ2n) is 7.50. The largest absolute Gasteiger partial charge is 0.353 e. The van der Waals surface area contributed by atoms with Crippen molar-refractivity contribution in [2.45, 2.75) is 38.6 Å². The van der Waals surface area contributed by atoms with Gasteiger partial charge in [0.15, 0.2) is 11.5 Å². The minimum Gasteiger partial charge on any atom is -0.353 e. The molecule has 1 amide bonds. The summed E-state index contributed by atoms with van der Waals surface area (Å²) in [5.41, 5.74) is 0.431. The lowest BCUT2D eigenvalue weighted by Gasteiger charge is -2.36. The van der Waals surface area contributed by atoms with Gasteiger partial charge < -0.3 is 14.7 Å². The molecule has 0 radical (unpaired) electrons. The lowest BCUT2D eigenvalue weighted by atomic mass is 10.0. The van der Waals surface area contributed by atoms with E-state index in [1.807, 2.05) is 35.2 Å². The predicted octanol–water partition coefficient (Wildman–Crippen LogP) is 2.60. The van der Waals surface area contributed by atoms with Crippen LogP contribution in [0.25, 0.3) is 0 Å². The van der Waals surface area contributed by atoms with E-state index >= 15 is 0 Å². The Morgan fingerprint density at radius 3 is 2.54 bits per heavy atom. The Balaban J connectivity index is 1.37. The Kier molecular flexibility index (Phi) is 5.69. The zero-order valence-electron chi connectivity index (χ0n) is 16.5. The maximum atomic E-state index is 12.8. The van der Waals surface area contributed by atoms with Crippen molar-refractivity contribution in [2.24, 2.45) is 0 Å². The quantitative estimate of drug-likeness (QED) is 0.812. The molecule has 2 aromatic heterocycles. The Morgan fingerprint density at radius 2 is 1.86 bits per heavy atom. The number of carbonyl (C=O) groups excluding carboxylic acids is 1. The highest BCUT2D eigenvalue weighted by molar-refractivity contribution is 5.92. The van der Waals surface area contributed by atoms with Crippen LogP contribution in [0.1, 0.15) is 43.1 Å². The number of hydrogen-bond acceptors (Lipinski definition) is 6. The summed E-state index contributed by atoms with van der Waals surface area (Å²) in [5.74, 6) is 1.82. The third-order valence-electron chi connectivity index (χ3n) is 5.80. The summed E-state index contributed by atoms with van der Waals surface area (Å²) >= 11 is 0. The van der Waals surface area contributed by atoms with Gasteiger partial charge in [0.1, 0.15) is 5.82 Å². The third-order valence-corrected chi connectivity index (χ3v) is 5.80. The molecule has 2 fully saturated rings. The van der Waals surface area contributed by atoms with Crippen LogP contribution in [-0.2, 0) is 0 Å². The van der Waals surface area contributed by atoms with Gasteiger partial charge in [-0.2, -0.15) is 0 Å². The Labute approximate surface area is 166 Å². The van der Waals surface area contributed by atoms with Crippen LogP contribution in [0.2, 0.25) is 0 Å². The van der Waals surface area contributed by atoms with Crippen molar-refractivity contribution in [3.63, 3.8) is 0 Å². The molecule has 0 saturated carbocycles. The van der Waals surface area contributed by atoms with Crippen LogP contribution in [0.5, 0.6) is 0 Å². The lowest BCUT2D eigenvalue weighted by molar-refractivity contribution is 0.0739. The summed E-state index contributed by atoms with van der Waals surface area (Å²) in [6.45, 7) is 6.14. The van der Waals surface area contributed by atoms with E-state index in [0.29, 0.717) is 24.8 Å². The van der Waals surface area contributed by atoms with Gasteiger partial charge in [-0.15, -0.1) is 10.2 Å². The van der Waals surface area contributed by atoms with Gasteiger partial charge in [-0.3, -0.25) is 4.79 Å². The number of hydrogen-bond donors (Lipinski definition) is 0. The second kappa shape index (κ2) is 8.54. The smallest absolute Gasteiger partial charge is 0.274 e. The first-order valence-corrected chi connectivity index (χ1v) is 10.3. The van der Waals surface area contributed by atoms with E-state index in [1.165, 1.54) is 19.3 Å². The summed E-state index contributed by atoms with van der Waals surface area (Å²) in [6, 6.07) is 10.2. The Morgan fingerprint density at radius 1 is 1.00 bits per heavy atom. The minimum absolute atomic E-state index is 0.0367. The van der Waals surface area contributed by atoms with E-state index in [-0.39, 0.29) is 5.91 Å². The highest BCUT2D eigenvalue weighted by atomic mass is 16.2. The fourth-order valence-electron chi connectivity index (χ4n) is 4.16. The van der Waals surface area contributed by atoms with E-state index in [1.54, 1.807) is 6.20 Å². The Hall–Kier alpha value is -2.70. The van der Waals surface area contributed by atoms with E-state index in [9.17, 15) is 4.79 Å². The zero-order valence-corrected chi connectivity index (χ0v) is 16.5. The van der Waals surface area contributed by atoms with Gasteiger partial charge >= 0.3 is 0 Å². The van der Waals surface area contributed by atoms with Crippen LogP contribution in [0.3, 0.4) is 0 Å². The van der Waals surface area contributed by atoms with E-state index in [0.717, 1.165) is 37.7 Å². The molecule has 0 aliphatic carbocycles. The molecule has 4 rings (SSSR count). The number of carbonyl (C=O) groups is 1. The zero-order chi connectivity index (χ0) is 19.3. The fourth-order valence-corrected chi connectivity index (χ4v) is 4.16. The molecular weight excluding hydrogens is 352 g/mol. The van der Waals surface area contributed by atoms with E-state index < -0.39 is 0 Å². The molecule has 0 aromatic carbocycles. The molecule has 2 aliphatic heterocycles. The summed E-state index contributed by atoms with van der Waals surface area (Å²) in [5, 5.41) is 8.65. The number of piperazine rings is 1. The number of nitrogens with zero attached hydrogens (tertiary/aromatic N) is 6. The van der Waals surface area contributed by atoms with Crippen molar-refractivity contribution in [2.75, 3.05) is 42.5 Å². The number of aromatic nitrogens is 3. The average molecular weight is 380 g/mol. The third kappa shape index (κ3) is 3.93. The topological polar surface area (TPSA) is 65.5 Å². The van der Waals surface area contributed by atoms with Gasteiger partial charge in [0.25, 0.3) is 5.91 Å². The minimum atomic E-state index is -0.0367. The number of rotatable bonds is 4. The molecule has 28 heavy (non-hydrogen) atoms. The summed E-state index contributed by atoms with van der Waals surface area (Å²) in [6.07, 6.45) is 6.60. The van der Waals surface area contributed by atoms with Gasteiger partial charge in [-0.25, -0.2) is 4.98 Å². The van der Waals surface area contributed by atoms with Crippen LogP contribution >= 0.6 is 0 Å². The summed E-state index contributed by atoms with van der Waals surface area (Å²) < 4.78 is 0. The van der Waals surface area contributed by atoms with Crippen molar-refractivity contribution in [3.8, 4) is 0 Å². The van der Waals surface area contributed by atoms with Crippen LogP contribution in [0.15, 0.2) is 36.5 Å². The standard InChI is InChI=1S/C21H28N6O/c1-2-17-7-4-6-12-27(17)20-10-9-18(23-24-20)21(28)26-15-13-25(14-16-26)19-8-3-5-11-22-19/h3,5,8-11,17H,2,4,6-7,12-16H2,1H3. The number of anilines is 2. The number of amides is 1. The van der Waals surface area contributed by atoms with Gasteiger partial charge in [0, 0.05) is 45.0 Å². The molecular formula is C21H28N6O. The molecule has 2 saturated heterocycles. The molecule has 148 valence electrons. The number of piperidine rings is 1. The molecule has 7 heteroatoms.